The van der Waals surface area contributed by atoms with Gasteiger partial charge in [-0.3, -0.25) is 4.31 Å². The van der Waals surface area contributed by atoms with Crippen molar-refractivity contribution in [2.45, 2.75) is 24.3 Å². The van der Waals surface area contributed by atoms with Crippen molar-refractivity contribution >= 4 is 33.0 Å². The van der Waals surface area contributed by atoms with Crippen molar-refractivity contribution < 1.29 is 18.3 Å². The van der Waals surface area contributed by atoms with Gasteiger partial charge in [0.05, 0.1) is 10.6 Å². The van der Waals surface area contributed by atoms with E-state index in [1.54, 1.807) is 12.1 Å². The fourth-order valence-corrected chi connectivity index (χ4v) is 5.37. The summed E-state index contributed by atoms with van der Waals surface area (Å²) in [5.74, 6) is -1.11. The number of benzene rings is 1. The van der Waals surface area contributed by atoms with Crippen LogP contribution >= 0.6 is 11.3 Å². The van der Waals surface area contributed by atoms with Gasteiger partial charge in [-0.1, -0.05) is 18.2 Å². The van der Waals surface area contributed by atoms with Crippen molar-refractivity contribution in [1.82, 2.24) is 0 Å². The molecule has 21 heavy (non-hydrogen) atoms. The standard InChI is InChI=1S/C14H13NO4S2/c1-9-6-10-4-2-3-5-12(10)15(9)21(18,19)11-7-13(14(16)17)20-8-11/h2-5,7-9H,6H2,1H3,(H,16,17). The van der Waals surface area contributed by atoms with Crippen LogP contribution < -0.4 is 4.31 Å². The van der Waals surface area contributed by atoms with E-state index in [1.165, 1.54) is 15.8 Å². The Bertz CT molecular complexity index is 810. The summed E-state index contributed by atoms with van der Waals surface area (Å²) in [7, 11) is -3.73. The van der Waals surface area contributed by atoms with Crippen LogP contribution in [0.15, 0.2) is 40.6 Å². The van der Waals surface area contributed by atoms with Gasteiger partial charge in [0, 0.05) is 11.4 Å². The molecule has 0 amide bonds. The van der Waals surface area contributed by atoms with Gasteiger partial charge in [-0.25, -0.2) is 13.2 Å². The van der Waals surface area contributed by atoms with E-state index in [-0.39, 0.29) is 15.8 Å². The number of nitrogens with zero attached hydrogens (tertiary/aromatic N) is 1. The SMILES string of the molecule is CC1Cc2ccccc2N1S(=O)(=O)c1csc(C(=O)O)c1. The molecule has 2 heterocycles. The lowest BCUT2D eigenvalue weighted by Gasteiger charge is -2.23. The molecule has 0 aliphatic carbocycles. The lowest BCUT2D eigenvalue weighted by molar-refractivity contribution is 0.0702. The second-order valence-electron chi connectivity index (χ2n) is 4.93. The van der Waals surface area contributed by atoms with Crippen LogP contribution in [-0.4, -0.2) is 25.5 Å². The van der Waals surface area contributed by atoms with Crippen molar-refractivity contribution in [2.24, 2.45) is 0 Å². The molecule has 1 aromatic carbocycles. The van der Waals surface area contributed by atoms with Gasteiger partial charge in [0.2, 0.25) is 0 Å². The van der Waals surface area contributed by atoms with Gasteiger partial charge >= 0.3 is 5.97 Å². The highest BCUT2D eigenvalue weighted by Crippen LogP contribution is 2.37. The van der Waals surface area contributed by atoms with Crippen molar-refractivity contribution in [3.63, 3.8) is 0 Å². The second-order valence-corrected chi connectivity index (χ2v) is 7.66. The number of sulfonamides is 1. The first-order valence-corrected chi connectivity index (χ1v) is 8.67. The fraction of sp³-hybridized carbons (Fsp3) is 0.214. The van der Waals surface area contributed by atoms with E-state index >= 15 is 0 Å². The molecule has 1 aliphatic rings. The van der Waals surface area contributed by atoms with Crippen LogP contribution in [0, 0.1) is 0 Å². The maximum Gasteiger partial charge on any atom is 0.345 e. The molecule has 7 heteroatoms. The minimum atomic E-state index is -3.73. The van der Waals surface area contributed by atoms with E-state index in [1.807, 2.05) is 19.1 Å². The molecule has 5 nitrogen and oxygen atoms in total. The van der Waals surface area contributed by atoms with Gasteiger partial charge in [-0.05, 0) is 31.0 Å². The molecular weight excluding hydrogens is 310 g/mol. The summed E-state index contributed by atoms with van der Waals surface area (Å²) in [5, 5.41) is 10.3. The number of hydrogen-bond acceptors (Lipinski definition) is 4. The van der Waals surface area contributed by atoms with Crippen LogP contribution in [0.2, 0.25) is 0 Å². The van der Waals surface area contributed by atoms with Crippen molar-refractivity contribution in [3.05, 3.63) is 46.2 Å². The first kappa shape index (κ1) is 14.1. The predicted molar refractivity (Wildman–Crippen MR) is 80.6 cm³/mol. The number of anilines is 1. The van der Waals surface area contributed by atoms with Crippen LogP contribution in [0.4, 0.5) is 5.69 Å². The maximum absolute atomic E-state index is 12.8. The number of hydrogen-bond donors (Lipinski definition) is 1. The Morgan fingerprint density at radius 2 is 2.10 bits per heavy atom. The van der Waals surface area contributed by atoms with Crippen molar-refractivity contribution in [1.29, 1.82) is 0 Å². The Kier molecular flexibility index (Phi) is 3.26. The summed E-state index contributed by atoms with van der Waals surface area (Å²) in [4.78, 5) is 11.0. The van der Waals surface area contributed by atoms with Crippen molar-refractivity contribution in [2.75, 3.05) is 4.31 Å². The molecule has 1 aliphatic heterocycles. The predicted octanol–water partition coefficient (Wildman–Crippen LogP) is 2.59. The number of carboxylic acid groups (broad SMARTS) is 1. The molecule has 0 bridgehead atoms. The number of thiophene rings is 1. The highest BCUT2D eigenvalue weighted by Gasteiger charge is 2.36. The number of rotatable bonds is 3. The number of carbonyl (C=O) groups is 1. The lowest BCUT2D eigenvalue weighted by atomic mass is 10.1. The number of carboxylic acids is 1. The molecule has 0 fully saturated rings. The summed E-state index contributed by atoms with van der Waals surface area (Å²) in [6.07, 6.45) is 0.658. The number of para-hydroxylation sites is 1. The molecule has 2 aromatic rings. The van der Waals surface area contributed by atoms with E-state index in [9.17, 15) is 13.2 Å². The first-order chi connectivity index (χ1) is 9.91. The van der Waals surface area contributed by atoms with E-state index in [4.69, 9.17) is 5.11 Å². The monoisotopic (exact) mass is 323 g/mol. The van der Waals surface area contributed by atoms with E-state index in [0.29, 0.717) is 12.1 Å². The minimum Gasteiger partial charge on any atom is -0.477 e. The molecule has 0 saturated carbocycles. The summed E-state index contributed by atoms with van der Waals surface area (Å²) in [6.45, 7) is 1.85. The summed E-state index contributed by atoms with van der Waals surface area (Å²) >= 11 is 0.920. The third-order valence-corrected chi connectivity index (χ3v) is 6.46. The van der Waals surface area contributed by atoms with E-state index in [0.717, 1.165) is 16.9 Å². The van der Waals surface area contributed by atoms with Gasteiger partial charge in [0.15, 0.2) is 0 Å². The molecule has 0 spiro atoms. The number of aromatic carboxylic acids is 1. The quantitative estimate of drug-likeness (QED) is 0.942. The average molecular weight is 323 g/mol. The normalized spacial score (nSPS) is 17.8. The molecule has 1 aromatic heterocycles. The topological polar surface area (TPSA) is 74.7 Å². The zero-order chi connectivity index (χ0) is 15.2. The molecule has 1 atom stereocenters. The van der Waals surface area contributed by atoms with E-state index < -0.39 is 16.0 Å². The Hall–Kier alpha value is -1.86. The molecule has 1 unspecified atom stereocenters. The zero-order valence-electron chi connectivity index (χ0n) is 11.2. The molecule has 110 valence electrons. The highest BCUT2D eigenvalue weighted by molar-refractivity contribution is 7.93. The zero-order valence-corrected chi connectivity index (χ0v) is 12.8. The third-order valence-electron chi connectivity index (χ3n) is 3.49. The van der Waals surface area contributed by atoms with Crippen LogP contribution in [0.1, 0.15) is 22.2 Å². The number of fused-ring (bicyclic) bond motifs is 1. The second kappa shape index (κ2) is 4.85. The molecule has 0 saturated heterocycles. The molecule has 0 radical (unpaired) electrons. The van der Waals surface area contributed by atoms with E-state index in [2.05, 4.69) is 0 Å². The largest absolute Gasteiger partial charge is 0.477 e. The maximum atomic E-state index is 12.8. The Morgan fingerprint density at radius 1 is 1.38 bits per heavy atom. The summed E-state index contributed by atoms with van der Waals surface area (Å²) < 4.78 is 27.0. The van der Waals surface area contributed by atoms with Crippen LogP contribution in [-0.2, 0) is 16.4 Å². The van der Waals surface area contributed by atoms with Gasteiger partial charge in [-0.2, -0.15) is 0 Å². The average Bonchev–Trinajstić information content (AvgIpc) is 3.02. The molecule has 1 N–H and O–H groups in total. The van der Waals surface area contributed by atoms with Gasteiger partial charge in [-0.15, -0.1) is 11.3 Å². The fourth-order valence-electron chi connectivity index (χ4n) is 2.58. The van der Waals surface area contributed by atoms with Gasteiger partial charge in [0.25, 0.3) is 10.0 Å². The summed E-state index contributed by atoms with van der Waals surface area (Å²) in [5.41, 5.74) is 1.66. The lowest BCUT2D eigenvalue weighted by Crippen LogP contribution is -2.35. The highest BCUT2D eigenvalue weighted by atomic mass is 32.2. The summed E-state index contributed by atoms with van der Waals surface area (Å²) in [6, 6.07) is 8.42. The Morgan fingerprint density at radius 3 is 2.76 bits per heavy atom. The van der Waals surface area contributed by atoms with Crippen LogP contribution in [0.5, 0.6) is 0 Å². The van der Waals surface area contributed by atoms with Crippen molar-refractivity contribution in [3.8, 4) is 0 Å². The Labute approximate surface area is 126 Å². The molecule has 3 rings (SSSR count). The third kappa shape index (κ3) is 2.22. The van der Waals surface area contributed by atoms with Gasteiger partial charge in [0.1, 0.15) is 4.88 Å². The molecular formula is C14H13NO4S2. The van der Waals surface area contributed by atoms with Gasteiger partial charge < -0.3 is 5.11 Å². The minimum absolute atomic E-state index is 0.0220. The Balaban J connectivity index is 2.08. The van der Waals surface area contributed by atoms with Crippen LogP contribution in [0.25, 0.3) is 0 Å². The van der Waals surface area contributed by atoms with Crippen LogP contribution in [0.3, 0.4) is 0 Å². The smallest absolute Gasteiger partial charge is 0.345 e. The first-order valence-electron chi connectivity index (χ1n) is 6.35.